The molecule has 0 amide bonds. The predicted octanol–water partition coefficient (Wildman–Crippen LogP) is 2.92. The minimum atomic E-state index is -1.03. The molecule has 0 aliphatic carbocycles. The maximum atomic E-state index is 12.1. The smallest absolute Gasteiger partial charge is 0.306 e. The number of carbonyl (C=O) groups excluding carboxylic acids is 2. The van der Waals surface area contributed by atoms with E-state index in [1.54, 1.807) is 12.3 Å². The molecule has 0 aliphatic heterocycles. The Kier molecular flexibility index (Phi) is 6.05. The Labute approximate surface area is 162 Å². The van der Waals surface area contributed by atoms with Gasteiger partial charge in [-0.3, -0.25) is 9.59 Å². The van der Waals surface area contributed by atoms with Crippen molar-refractivity contribution >= 4 is 34.4 Å². The summed E-state index contributed by atoms with van der Waals surface area (Å²) < 4.78 is 10.1. The second-order valence-electron chi connectivity index (χ2n) is 5.51. The zero-order valence-corrected chi connectivity index (χ0v) is 15.9. The molecule has 3 rings (SSSR count). The first kappa shape index (κ1) is 18.9. The number of thiophene rings is 1. The van der Waals surface area contributed by atoms with Crippen LogP contribution < -0.4 is 0 Å². The van der Waals surface area contributed by atoms with E-state index in [1.165, 1.54) is 22.7 Å². The van der Waals surface area contributed by atoms with Gasteiger partial charge in [0.2, 0.25) is 11.7 Å². The van der Waals surface area contributed by atoms with E-state index in [0.717, 1.165) is 10.6 Å². The summed E-state index contributed by atoms with van der Waals surface area (Å²) in [6.45, 7) is 1.31. The van der Waals surface area contributed by atoms with Gasteiger partial charge in [-0.1, -0.05) is 11.2 Å². The van der Waals surface area contributed by atoms with E-state index in [9.17, 15) is 14.9 Å². The number of hydrogen-bond acceptors (Lipinski definition) is 10. The van der Waals surface area contributed by atoms with Crippen LogP contribution >= 0.6 is 22.7 Å². The van der Waals surface area contributed by atoms with Crippen LogP contribution in [0, 0.1) is 18.3 Å². The Balaban J connectivity index is 1.47. The van der Waals surface area contributed by atoms with Crippen molar-refractivity contribution in [1.29, 1.82) is 5.26 Å². The fraction of sp³-hybridized carbons (Fsp3) is 0.294. The molecular formula is C17H14N4O4S2. The van der Waals surface area contributed by atoms with Gasteiger partial charge >= 0.3 is 5.97 Å². The first-order chi connectivity index (χ1) is 13.1. The van der Waals surface area contributed by atoms with Gasteiger partial charge in [-0.25, -0.2) is 4.98 Å². The van der Waals surface area contributed by atoms with Crippen LogP contribution in [0.2, 0.25) is 0 Å². The molecule has 0 saturated heterocycles. The topological polar surface area (TPSA) is 119 Å². The Morgan fingerprint density at radius 2 is 2.22 bits per heavy atom. The largest absolute Gasteiger partial charge is 0.458 e. The molecule has 3 aromatic heterocycles. The second kappa shape index (κ2) is 8.66. The molecular weight excluding hydrogens is 388 g/mol. The number of hydrogen-bond donors (Lipinski definition) is 0. The Hall–Kier alpha value is -2.90. The molecule has 0 radical (unpaired) electrons. The van der Waals surface area contributed by atoms with Crippen molar-refractivity contribution in [3.05, 3.63) is 39.5 Å². The van der Waals surface area contributed by atoms with Gasteiger partial charge in [0.1, 0.15) is 5.01 Å². The van der Waals surface area contributed by atoms with Crippen molar-refractivity contribution in [1.82, 2.24) is 15.1 Å². The van der Waals surface area contributed by atoms with Gasteiger partial charge < -0.3 is 9.26 Å². The van der Waals surface area contributed by atoms with E-state index in [0.29, 0.717) is 16.7 Å². The molecule has 0 saturated carbocycles. The quantitative estimate of drug-likeness (QED) is 0.528. The molecule has 0 spiro atoms. The third kappa shape index (κ3) is 4.84. The number of thiazole rings is 1. The molecule has 3 heterocycles. The number of esters is 1. The molecule has 0 aromatic carbocycles. The van der Waals surface area contributed by atoms with Crippen LogP contribution in [-0.4, -0.2) is 33.5 Å². The highest BCUT2D eigenvalue weighted by Crippen LogP contribution is 2.22. The molecule has 0 unspecified atom stereocenters. The second-order valence-corrected chi connectivity index (χ2v) is 7.34. The number of nitrogens with zero attached hydrogens (tertiary/aromatic N) is 4. The molecule has 10 heteroatoms. The van der Waals surface area contributed by atoms with Gasteiger partial charge in [0.25, 0.3) is 0 Å². The highest BCUT2D eigenvalue weighted by molar-refractivity contribution is 7.13. The van der Waals surface area contributed by atoms with E-state index in [2.05, 4.69) is 15.1 Å². The molecule has 0 fully saturated rings. The first-order valence-electron chi connectivity index (χ1n) is 7.93. The van der Waals surface area contributed by atoms with Crippen molar-refractivity contribution in [3.63, 3.8) is 0 Å². The number of rotatable bonds is 8. The summed E-state index contributed by atoms with van der Waals surface area (Å²) in [6.07, 6.45) is 0.200. The van der Waals surface area contributed by atoms with Crippen LogP contribution in [0.4, 0.5) is 0 Å². The van der Waals surface area contributed by atoms with Gasteiger partial charge in [-0.05, 0) is 18.4 Å². The lowest BCUT2D eigenvalue weighted by atomic mass is 10.1. The number of ketones is 1. The summed E-state index contributed by atoms with van der Waals surface area (Å²) in [5.74, 6) is -1.32. The highest BCUT2D eigenvalue weighted by atomic mass is 32.1. The standard InChI is InChI=1S/C17H14N4O4S2/c1-10-9-27-17(19-10)11(7-18)12(22)8-24-15(23)5-4-14-20-16(21-25-14)13-3-2-6-26-13/h2-3,6,9,11H,4-5,8H2,1H3/t11-/m1/s1. The summed E-state index contributed by atoms with van der Waals surface area (Å²) in [5.41, 5.74) is 0.738. The first-order valence-corrected chi connectivity index (χ1v) is 9.69. The molecule has 138 valence electrons. The summed E-state index contributed by atoms with van der Waals surface area (Å²) in [4.78, 5) is 33.2. The Morgan fingerprint density at radius 1 is 1.37 bits per heavy atom. The molecule has 3 aromatic rings. The van der Waals surface area contributed by atoms with Gasteiger partial charge in [0.05, 0.1) is 17.4 Å². The SMILES string of the molecule is Cc1csc([C@H](C#N)C(=O)COC(=O)CCc2nc(-c3cccs3)no2)n1. The molecule has 0 aliphatic rings. The van der Waals surface area contributed by atoms with Crippen molar-refractivity contribution in [2.24, 2.45) is 0 Å². The van der Waals surface area contributed by atoms with E-state index < -0.39 is 24.3 Å². The molecule has 27 heavy (non-hydrogen) atoms. The van der Waals surface area contributed by atoms with E-state index >= 15 is 0 Å². The van der Waals surface area contributed by atoms with Crippen LogP contribution in [0.25, 0.3) is 10.7 Å². The normalized spacial score (nSPS) is 11.7. The molecule has 1 atom stereocenters. The zero-order valence-electron chi connectivity index (χ0n) is 14.2. The van der Waals surface area contributed by atoms with Gasteiger partial charge in [-0.2, -0.15) is 10.2 Å². The number of ether oxygens (including phenoxy) is 1. The number of nitriles is 1. The van der Waals surface area contributed by atoms with Gasteiger partial charge in [-0.15, -0.1) is 22.7 Å². The minimum absolute atomic E-state index is 0.00701. The number of carbonyl (C=O) groups is 2. The van der Waals surface area contributed by atoms with E-state index in [4.69, 9.17) is 9.26 Å². The van der Waals surface area contributed by atoms with Crippen molar-refractivity contribution in [2.45, 2.75) is 25.7 Å². The molecule has 0 N–H and O–H groups in total. The van der Waals surface area contributed by atoms with E-state index in [1.807, 2.05) is 23.6 Å². The van der Waals surface area contributed by atoms with Crippen LogP contribution in [-0.2, 0) is 20.7 Å². The number of aromatic nitrogens is 3. The molecule has 8 nitrogen and oxygen atoms in total. The van der Waals surface area contributed by atoms with Crippen LogP contribution in [0.15, 0.2) is 27.4 Å². The average molecular weight is 402 g/mol. The van der Waals surface area contributed by atoms with Crippen molar-refractivity contribution in [3.8, 4) is 16.8 Å². The van der Waals surface area contributed by atoms with Crippen LogP contribution in [0.1, 0.15) is 28.9 Å². The van der Waals surface area contributed by atoms with Crippen LogP contribution in [0.3, 0.4) is 0 Å². The third-order valence-corrected chi connectivity index (χ3v) is 5.36. The Bertz CT molecular complexity index is 971. The number of Topliss-reactive ketones (excluding diaryl/α,β-unsaturated/α-hetero) is 1. The van der Waals surface area contributed by atoms with Crippen molar-refractivity contribution in [2.75, 3.05) is 6.61 Å². The zero-order chi connectivity index (χ0) is 19.2. The lowest BCUT2D eigenvalue weighted by Crippen LogP contribution is -2.20. The summed E-state index contributed by atoms with van der Waals surface area (Å²) >= 11 is 2.72. The maximum absolute atomic E-state index is 12.1. The fourth-order valence-electron chi connectivity index (χ4n) is 2.15. The van der Waals surface area contributed by atoms with Gasteiger partial charge in [0.15, 0.2) is 18.3 Å². The predicted molar refractivity (Wildman–Crippen MR) is 97.1 cm³/mol. The van der Waals surface area contributed by atoms with Crippen LogP contribution in [0.5, 0.6) is 0 Å². The fourth-order valence-corrected chi connectivity index (χ4v) is 3.66. The van der Waals surface area contributed by atoms with Gasteiger partial charge in [0, 0.05) is 17.5 Å². The lowest BCUT2D eigenvalue weighted by Gasteiger charge is -2.06. The summed E-state index contributed by atoms with van der Waals surface area (Å²) in [5, 5.41) is 17.1. The lowest BCUT2D eigenvalue weighted by molar-refractivity contribution is -0.148. The highest BCUT2D eigenvalue weighted by Gasteiger charge is 2.24. The summed E-state index contributed by atoms with van der Waals surface area (Å²) in [6, 6.07) is 5.65. The average Bonchev–Trinajstić information content (AvgIpc) is 3.40. The minimum Gasteiger partial charge on any atom is -0.458 e. The Morgan fingerprint density at radius 3 is 2.89 bits per heavy atom. The maximum Gasteiger partial charge on any atom is 0.306 e. The third-order valence-electron chi connectivity index (χ3n) is 3.46. The monoisotopic (exact) mass is 402 g/mol. The number of aryl methyl sites for hydroxylation is 2. The van der Waals surface area contributed by atoms with Crippen molar-refractivity contribution < 1.29 is 18.8 Å². The molecule has 0 bridgehead atoms. The summed E-state index contributed by atoms with van der Waals surface area (Å²) in [7, 11) is 0. The van der Waals surface area contributed by atoms with E-state index in [-0.39, 0.29) is 12.8 Å².